The van der Waals surface area contributed by atoms with Crippen molar-refractivity contribution in [3.8, 4) is 0 Å². The van der Waals surface area contributed by atoms with Gasteiger partial charge in [0.15, 0.2) is 0 Å². The molecule has 1 saturated heterocycles. The quantitative estimate of drug-likeness (QED) is 0.611. The number of carbonyl (C=O) groups excluding carboxylic acids is 1. The van der Waals surface area contributed by atoms with E-state index in [1.807, 2.05) is 0 Å². The number of hydrogen-bond acceptors (Lipinski definition) is 5. The van der Waals surface area contributed by atoms with E-state index in [9.17, 15) is 23.3 Å². The highest BCUT2D eigenvalue weighted by molar-refractivity contribution is 7.89. The number of nitro groups is 1. The normalized spacial score (nSPS) is 26.0. The third kappa shape index (κ3) is 2.37. The Kier molecular flexibility index (Phi) is 3.43. The predicted molar refractivity (Wildman–Crippen MR) is 78.9 cm³/mol. The maximum Gasteiger partial charge on any atom is 0.272 e. The van der Waals surface area contributed by atoms with Crippen molar-refractivity contribution in [3.63, 3.8) is 0 Å². The minimum Gasteiger partial charge on any atom is -0.268 e. The molecule has 0 N–H and O–H groups in total. The summed E-state index contributed by atoms with van der Waals surface area (Å²) in [5.41, 5.74) is 0.436. The largest absolute Gasteiger partial charge is 0.272 e. The minimum atomic E-state index is -3.60. The van der Waals surface area contributed by atoms with E-state index in [1.54, 1.807) is 0 Å². The second-order valence-corrected chi connectivity index (χ2v) is 7.86. The van der Waals surface area contributed by atoms with Crippen molar-refractivity contribution < 1.29 is 18.1 Å². The van der Waals surface area contributed by atoms with E-state index in [0.717, 1.165) is 17.1 Å². The van der Waals surface area contributed by atoms with Gasteiger partial charge in [-0.2, -0.15) is 0 Å². The van der Waals surface area contributed by atoms with Gasteiger partial charge in [-0.25, -0.2) is 12.7 Å². The fraction of sp³-hybridized carbons (Fsp3) is 0.500. The zero-order valence-corrected chi connectivity index (χ0v) is 12.9. The second kappa shape index (κ2) is 5.05. The lowest BCUT2D eigenvalue weighted by Gasteiger charge is -2.32. The fourth-order valence-corrected chi connectivity index (χ4v) is 5.49. The molecule has 0 radical (unpaired) electrons. The zero-order valence-electron chi connectivity index (χ0n) is 12.1. The summed E-state index contributed by atoms with van der Waals surface area (Å²) >= 11 is 0. The first-order chi connectivity index (χ1) is 10.3. The number of amides is 1. The Morgan fingerprint density at radius 1 is 1.36 bits per heavy atom. The van der Waals surface area contributed by atoms with E-state index in [1.165, 1.54) is 25.1 Å². The smallest absolute Gasteiger partial charge is 0.268 e. The predicted octanol–water partition coefficient (Wildman–Crippen LogP) is 1.86. The lowest BCUT2D eigenvalue weighted by molar-refractivity contribution is -0.385. The van der Waals surface area contributed by atoms with Gasteiger partial charge in [0.1, 0.15) is 0 Å². The number of sulfonamides is 1. The summed E-state index contributed by atoms with van der Waals surface area (Å²) in [7, 11) is -3.60. The Balaban J connectivity index is 1.96. The van der Waals surface area contributed by atoms with Crippen LogP contribution in [-0.4, -0.2) is 35.3 Å². The van der Waals surface area contributed by atoms with Crippen molar-refractivity contribution in [1.82, 2.24) is 4.31 Å². The standard InChI is InChI=1S/C14H16N2O5S/c1-9-6-11(3-5-13(9)16(18)19)14(17)15-12-4-2-10(7-12)8-22(15,20)21/h3,5-6,10,12H,2,4,7-8H2,1H3/t10-,12+/m0/s1. The van der Waals surface area contributed by atoms with Crippen molar-refractivity contribution >= 4 is 21.6 Å². The van der Waals surface area contributed by atoms with Crippen LogP contribution in [0.15, 0.2) is 18.2 Å². The molecule has 1 aliphatic heterocycles. The van der Waals surface area contributed by atoms with Gasteiger partial charge >= 0.3 is 0 Å². The van der Waals surface area contributed by atoms with E-state index in [4.69, 9.17) is 0 Å². The number of fused-ring (bicyclic) bond motifs is 2. The van der Waals surface area contributed by atoms with Gasteiger partial charge in [0.25, 0.3) is 11.6 Å². The van der Waals surface area contributed by atoms with Crippen LogP contribution in [0.4, 0.5) is 5.69 Å². The van der Waals surface area contributed by atoms with Gasteiger partial charge in [0.2, 0.25) is 10.0 Å². The van der Waals surface area contributed by atoms with Crippen LogP contribution in [0.2, 0.25) is 0 Å². The summed E-state index contributed by atoms with van der Waals surface area (Å²) in [5.74, 6) is -0.415. The first kappa shape index (κ1) is 15.0. The molecule has 118 valence electrons. The summed E-state index contributed by atoms with van der Waals surface area (Å²) < 4.78 is 25.6. The van der Waals surface area contributed by atoms with E-state index < -0.39 is 20.9 Å². The molecular weight excluding hydrogens is 308 g/mol. The van der Waals surface area contributed by atoms with Crippen molar-refractivity contribution in [1.29, 1.82) is 0 Å². The highest BCUT2D eigenvalue weighted by atomic mass is 32.2. The molecule has 0 spiro atoms. The van der Waals surface area contributed by atoms with Gasteiger partial charge in [0.05, 0.1) is 10.7 Å². The third-order valence-corrected chi connectivity index (χ3v) is 6.39. The number of benzene rings is 1. The molecule has 7 nitrogen and oxygen atoms in total. The SMILES string of the molecule is Cc1cc(C(=O)N2[C@@H]3CC[C@@H](C3)CS2(=O)=O)ccc1[N+](=O)[O-]. The summed E-state index contributed by atoms with van der Waals surface area (Å²) in [6, 6.07) is 3.68. The monoisotopic (exact) mass is 324 g/mol. The van der Waals surface area contributed by atoms with Crippen LogP contribution in [0.25, 0.3) is 0 Å². The lowest BCUT2D eigenvalue weighted by Crippen LogP contribution is -2.48. The summed E-state index contributed by atoms with van der Waals surface area (Å²) in [6.45, 7) is 1.53. The molecule has 2 fully saturated rings. The maximum absolute atomic E-state index is 12.6. The Hall–Kier alpha value is -1.96. The number of hydrogen-bond donors (Lipinski definition) is 0. The molecule has 2 bridgehead atoms. The number of nitro benzene ring substituents is 1. The van der Waals surface area contributed by atoms with Crippen LogP contribution in [0.3, 0.4) is 0 Å². The van der Waals surface area contributed by atoms with Crippen LogP contribution in [-0.2, 0) is 10.0 Å². The zero-order chi connectivity index (χ0) is 16.1. The number of aryl methyl sites for hydroxylation is 1. The van der Waals surface area contributed by atoms with Crippen molar-refractivity contribution in [2.75, 3.05) is 5.75 Å². The van der Waals surface area contributed by atoms with Gasteiger partial charge in [-0.3, -0.25) is 14.9 Å². The van der Waals surface area contributed by atoms with Crippen LogP contribution in [0.1, 0.15) is 35.2 Å². The second-order valence-electron chi connectivity index (χ2n) is 5.97. The van der Waals surface area contributed by atoms with Gasteiger partial charge in [-0.15, -0.1) is 0 Å². The van der Waals surface area contributed by atoms with Crippen molar-refractivity contribution in [3.05, 3.63) is 39.4 Å². The topological polar surface area (TPSA) is 97.6 Å². The molecule has 1 amide bonds. The Morgan fingerprint density at radius 3 is 2.73 bits per heavy atom. The molecule has 2 aliphatic rings. The minimum absolute atomic E-state index is 0.0151. The van der Waals surface area contributed by atoms with E-state index in [2.05, 4.69) is 0 Å². The van der Waals surface area contributed by atoms with E-state index >= 15 is 0 Å². The Bertz CT molecular complexity index is 758. The lowest BCUT2D eigenvalue weighted by atomic mass is 10.1. The third-order valence-electron chi connectivity index (χ3n) is 4.43. The molecule has 22 heavy (non-hydrogen) atoms. The van der Waals surface area contributed by atoms with E-state index in [-0.39, 0.29) is 29.0 Å². The van der Waals surface area contributed by atoms with Crippen molar-refractivity contribution in [2.45, 2.75) is 32.2 Å². The van der Waals surface area contributed by atoms with Crippen LogP contribution >= 0.6 is 0 Å². The molecule has 0 unspecified atom stereocenters. The van der Waals surface area contributed by atoms with E-state index in [0.29, 0.717) is 12.0 Å². The molecular formula is C14H16N2O5S. The molecule has 1 saturated carbocycles. The molecule has 0 aromatic heterocycles. The summed E-state index contributed by atoms with van der Waals surface area (Å²) in [4.78, 5) is 22.9. The molecule has 1 aliphatic carbocycles. The Morgan fingerprint density at radius 2 is 2.09 bits per heavy atom. The molecule has 1 heterocycles. The molecule has 3 rings (SSSR count). The first-order valence-electron chi connectivity index (χ1n) is 7.11. The van der Waals surface area contributed by atoms with Crippen molar-refractivity contribution in [2.24, 2.45) is 5.92 Å². The summed E-state index contributed by atoms with van der Waals surface area (Å²) in [5, 5.41) is 10.8. The molecule has 2 atom stereocenters. The average Bonchev–Trinajstić information content (AvgIpc) is 2.79. The van der Waals surface area contributed by atoms with Gasteiger partial charge in [-0.05, 0) is 44.2 Å². The van der Waals surface area contributed by atoms with Gasteiger partial charge in [-0.1, -0.05) is 0 Å². The number of nitrogens with zero attached hydrogens (tertiary/aromatic N) is 2. The highest BCUT2D eigenvalue weighted by Crippen LogP contribution is 2.38. The van der Waals surface area contributed by atoms with Crippen LogP contribution in [0.5, 0.6) is 0 Å². The highest BCUT2D eigenvalue weighted by Gasteiger charge is 2.46. The molecule has 1 aromatic rings. The van der Waals surface area contributed by atoms with Gasteiger partial charge in [0, 0.05) is 23.2 Å². The van der Waals surface area contributed by atoms with Gasteiger partial charge < -0.3 is 0 Å². The average molecular weight is 324 g/mol. The molecule has 8 heteroatoms. The van der Waals surface area contributed by atoms with Crippen LogP contribution < -0.4 is 0 Å². The summed E-state index contributed by atoms with van der Waals surface area (Å²) in [6.07, 6.45) is 2.24. The Labute approximate surface area is 128 Å². The molecule has 1 aromatic carbocycles. The van der Waals surface area contributed by atoms with Crippen LogP contribution in [0, 0.1) is 23.0 Å². The maximum atomic E-state index is 12.6. The number of carbonyl (C=O) groups is 1. The number of rotatable bonds is 2. The fourth-order valence-electron chi connectivity index (χ4n) is 3.43. The first-order valence-corrected chi connectivity index (χ1v) is 8.72.